The first-order valence-electron chi connectivity index (χ1n) is 10.5. The van der Waals surface area contributed by atoms with Gasteiger partial charge in [-0.25, -0.2) is 0 Å². The summed E-state index contributed by atoms with van der Waals surface area (Å²) in [7, 11) is 0. The molecule has 0 amide bonds. The number of benzene rings is 4. The Morgan fingerprint density at radius 3 is 2.00 bits per heavy atom. The maximum atomic E-state index is 6.78. The number of para-hydroxylation sites is 2. The summed E-state index contributed by atoms with van der Waals surface area (Å²) >= 11 is 0. The van der Waals surface area contributed by atoms with Crippen molar-refractivity contribution in [3.05, 3.63) is 109 Å². The lowest BCUT2D eigenvalue weighted by molar-refractivity contribution is 0.525. The van der Waals surface area contributed by atoms with Gasteiger partial charge in [-0.2, -0.15) is 0 Å². The lowest BCUT2D eigenvalue weighted by Gasteiger charge is -2.33. The van der Waals surface area contributed by atoms with Crippen LogP contribution in [0.15, 0.2) is 103 Å². The first-order valence-corrected chi connectivity index (χ1v) is 10.5. The monoisotopic (exact) mass is 392 g/mol. The second kappa shape index (κ2) is 8.46. The molecule has 0 fully saturated rings. The SMILES string of the molecule is CCC(C)(Nc1ccccc1)c1cccc(-c2cccc(-c3ccccc3)c2)c1N. The summed E-state index contributed by atoms with van der Waals surface area (Å²) in [5.74, 6) is 0. The van der Waals surface area contributed by atoms with E-state index in [-0.39, 0.29) is 5.54 Å². The van der Waals surface area contributed by atoms with Gasteiger partial charge in [0.25, 0.3) is 0 Å². The molecular formula is C28H28N2. The fraction of sp³-hybridized carbons (Fsp3) is 0.143. The van der Waals surface area contributed by atoms with Crippen LogP contribution in [0, 0.1) is 0 Å². The Bertz CT molecular complexity index is 1120. The van der Waals surface area contributed by atoms with Crippen molar-refractivity contribution in [2.75, 3.05) is 11.1 Å². The Hall–Kier alpha value is -3.52. The van der Waals surface area contributed by atoms with Crippen LogP contribution in [0.3, 0.4) is 0 Å². The molecule has 0 saturated heterocycles. The highest BCUT2D eigenvalue weighted by Crippen LogP contribution is 2.38. The Labute approximate surface area is 179 Å². The van der Waals surface area contributed by atoms with Crippen molar-refractivity contribution in [2.24, 2.45) is 0 Å². The number of rotatable bonds is 6. The van der Waals surface area contributed by atoms with Crippen LogP contribution in [0.2, 0.25) is 0 Å². The van der Waals surface area contributed by atoms with Crippen molar-refractivity contribution in [1.29, 1.82) is 0 Å². The molecule has 4 aromatic rings. The number of anilines is 2. The highest BCUT2D eigenvalue weighted by Gasteiger charge is 2.27. The van der Waals surface area contributed by atoms with Gasteiger partial charge in [0.1, 0.15) is 0 Å². The van der Waals surface area contributed by atoms with Crippen molar-refractivity contribution in [3.8, 4) is 22.3 Å². The summed E-state index contributed by atoms with van der Waals surface area (Å²) in [6.45, 7) is 4.41. The first kappa shape index (κ1) is 19.8. The largest absolute Gasteiger partial charge is 0.398 e. The third-order valence-corrected chi connectivity index (χ3v) is 5.88. The van der Waals surface area contributed by atoms with Crippen molar-refractivity contribution in [3.63, 3.8) is 0 Å². The molecule has 3 N–H and O–H groups in total. The molecule has 1 atom stereocenters. The zero-order chi connectivity index (χ0) is 21.0. The standard InChI is InChI=1S/C28H28N2/c1-3-28(2,30-24-16-8-5-9-17-24)26-19-11-18-25(27(26)29)23-15-10-14-22(20-23)21-12-6-4-7-13-21/h4-20,30H,3,29H2,1-2H3. The van der Waals surface area contributed by atoms with Crippen LogP contribution < -0.4 is 11.1 Å². The van der Waals surface area contributed by atoms with Crippen molar-refractivity contribution < 1.29 is 0 Å². The van der Waals surface area contributed by atoms with Crippen molar-refractivity contribution in [2.45, 2.75) is 25.8 Å². The molecule has 0 bridgehead atoms. The van der Waals surface area contributed by atoms with E-state index in [0.29, 0.717) is 0 Å². The molecule has 30 heavy (non-hydrogen) atoms. The van der Waals surface area contributed by atoms with Gasteiger partial charge >= 0.3 is 0 Å². The zero-order valence-corrected chi connectivity index (χ0v) is 17.6. The van der Waals surface area contributed by atoms with E-state index in [1.165, 1.54) is 11.1 Å². The van der Waals surface area contributed by atoms with Gasteiger partial charge in [-0.15, -0.1) is 0 Å². The topological polar surface area (TPSA) is 38.0 Å². The summed E-state index contributed by atoms with van der Waals surface area (Å²) in [5.41, 5.74) is 14.2. The average molecular weight is 393 g/mol. The minimum absolute atomic E-state index is 0.265. The summed E-state index contributed by atoms with van der Waals surface area (Å²) in [6, 6.07) is 35.7. The van der Waals surface area contributed by atoms with Crippen LogP contribution in [-0.2, 0) is 5.54 Å². The van der Waals surface area contributed by atoms with Crippen LogP contribution in [0.4, 0.5) is 11.4 Å². The molecule has 1 unspecified atom stereocenters. The molecule has 0 spiro atoms. The lowest BCUT2D eigenvalue weighted by atomic mass is 9.85. The molecule has 150 valence electrons. The predicted molar refractivity (Wildman–Crippen MR) is 129 cm³/mol. The molecule has 0 saturated carbocycles. The van der Waals surface area contributed by atoms with Crippen molar-refractivity contribution in [1.82, 2.24) is 0 Å². The van der Waals surface area contributed by atoms with E-state index in [1.807, 2.05) is 24.3 Å². The van der Waals surface area contributed by atoms with Crippen LogP contribution in [0.25, 0.3) is 22.3 Å². The van der Waals surface area contributed by atoms with E-state index in [9.17, 15) is 0 Å². The Balaban J connectivity index is 1.75. The first-order chi connectivity index (χ1) is 14.6. The van der Waals surface area contributed by atoms with E-state index in [1.54, 1.807) is 0 Å². The van der Waals surface area contributed by atoms with E-state index in [0.717, 1.165) is 34.5 Å². The normalized spacial score (nSPS) is 12.9. The van der Waals surface area contributed by atoms with E-state index < -0.39 is 0 Å². The summed E-state index contributed by atoms with van der Waals surface area (Å²) < 4.78 is 0. The quantitative estimate of drug-likeness (QED) is 0.337. The van der Waals surface area contributed by atoms with Crippen LogP contribution in [-0.4, -0.2) is 0 Å². The van der Waals surface area contributed by atoms with Gasteiger partial charge in [-0.3, -0.25) is 0 Å². The molecule has 2 nitrogen and oxygen atoms in total. The van der Waals surface area contributed by atoms with Crippen molar-refractivity contribution >= 4 is 11.4 Å². The van der Waals surface area contributed by atoms with Crippen LogP contribution >= 0.6 is 0 Å². The van der Waals surface area contributed by atoms with E-state index in [4.69, 9.17) is 5.73 Å². The van der Waals surface area contributed by atoms with E-state index >= 15 is 0 Å². The molecule has 4 rings (SSSR count). The highest BCUT2D eigenvalue weighted by atomic mass is 15.0. The number of nitrogen functional groups attached to an aromatic ring is 1. The third-order valence-electron chi connectivity index (χ3n) is 5.88. The Kier molecular flexibility index (Phi) is 5.58. The second-order valence-electron chi connectivity index (χ2n) is 7.89. The third kappa shape index (κ3) is 3.95. The molecule has 0 radical (unpaired) electrons. The number of hydrogen-bond acceptors (Lipinski definition) is 2. The van der Waals surface area contributed by atoms with Crippen LogP contribution in [0.1, 0.15) is 25.8 Å². The molecule has 4 aromatic carbocycles. The smallest absolute Gasteiger partial charge is 0.0614 e. The maximum absolute atomic E-state index is 6.78. The number of nitrogens with two attached hydrogens (primary N) is 1. The fourth-order valence-electron chi connectivity index (χ4n) is 3.98. The zero-order valence-electron chi connectivity index (χ0n) is 17.6. The fourth-order valence-corrected chi connectivity index (χ4v) is 3.98. The molecule has 0 aliphatic heterocycles. The van der Waals surface area contributed by atoms with Gasteiger partial charge in [-0.05, 0) is 48.2 Å². The van der Waals surface area contributed by atoms with Gasteiger partial charge in [0.05, 0.1) is 5.54 Å². The minimum Gasteiger partial charge on any atom is -0.398 e. The second-order valence-corrected chi connectivity index (χ2v) is 7.89. The van der Waals surface area contributed by atoms with Gasteiger partial charge < -0.3 is 11.1 Å². The molecule has 0 aliphatic rings. The van der Waals surface area contributed by atoms with Crippen LogP contribution in [0.5, 0.6) is 0 Å². The summed E-state index contributed by atoms with van der Waals surface area (Å²) in [4.78, 5) is 0. The lowest BCUT2D eigenvalue weighted by Crippen LogP contribution is -2.32. The average Bonchev–Trinajstić information content (AvgIpc) is 2.80. The number of nitrogens with one attached hydrogen (secondary N) is 1. The van der Waals surface area contributed by atoms with E-state index in [2.05, 4.69) is 98.0 Å². The molecule has 0 aromatic heterocycles. The Morgan fingerprint density at radius 2 is 1.30 bits per heavy atom. The summed E-state index contributed by atoms with van der Waals surface area (Å²) in [6.07, 6.45) is 0.916. The van der Waals surface area contributed by atoms with Gasteiger partial charge in [0.15, 0.2) is 0 Å². The Morgan fingerprint density at radius 1 is 0.700 bits per heavy atom. The molecular weight excluding hydrogens is 364 g/mol. The number of hydrogen-bond donors (Lipinski definition) is 2. The van der Waals surface area contributed by atoms with Gasteiger partial charge in [0, 0.05) is 22.5 Å². The molecule has 0 heterocycles. The predicted octanol–water partition coefficient (Wildman–Crippen LogP) is 7.34. The molecule has 2 heteroatoms. The molecule has 0 aliphatic carbocycles. The maximum Gasteiger partial charge on any atom is 0.0614 e. The van der Waals surface area contributed by atoms with Gasteiger partial charge in [-0.1, -0.05) is 91.9 Å². The minimum atomic E-state index is -0.265. The van der Waals surface area contributed by atoms with Gasteiger partial charge in [0.2, 0.25) is 0 Å². The summed E-state index contributed by atoms with van der Waals surface area (Å²) in [5, 5.41) is 3.70. The highest BCUT2D eigenvalue weighted by molar-refractivity contribution is 5.82.